The fourth-order valence-electron chi connectivity index (χ4n) is 5.66. The van der Waals surface area contributed by atoms with E-state index in [0.717, 1.165) is 30.6 Å². The minimum absolute atomic E-state index is 0.932. The zero-order chi connectivity index (χ0) is 33.2. The summed E-state index contributed by atoms with van der Waals surface area (Å²) in [6.45, 7) is 21.5. The first-order valence-electron chi connectivity index (χ1n) is 17.4. The third kappa shape index (κ3) is 13.6. The molecular formula is C40H63N3S2. The summed E-state index contributed by atoms with van der Waals surface area (Å²) >= 11 is 3.90. The molecule has 0 radical (unpaired) electrons. The fraction of sp³-hybridized carbons (Fsp3) is 0.550. The normalized spacial score (nSPS) is 14.3. The second kappa shape index (κ2) is 21.6. The van der Waals surface area contributed by atoms with E-state index in [-0.39, 0.29) is 0 Å². The number of thiophene rings is 1. The number of allylic oxidation sites excluding steroid dienone is 1. The number of hydrogen-bond acceptors (Lipinski definition) is 5. The highest BCUT2D eigenvalue weighted by atomic mass is 32.2. The zero-order valence-corrected chi connectivity index (χ0v) is 31.8. The van der Waals surface area contributed by atoms with Gasteiger partial charge in [0.1, 0.15) is 0 Å². The van der Waals surface area contributed by atoms with Crippen LogP contribution in [0.2, 0.25) is 0 Å². The Labute approximate surface area is 285 Å². The maximum atomic E-state index is 3.37. The van der Waals surface area contributed by atoms with Gasteiger partial charge < -0.3 is 15.5 Å². The monoisotopic (exact) mass is 649 g/mol. The van der Waals surface area contributed by atoms with Crippen LogP contribution in [-0.4, -0.2) is 32.1 Å². The van der Waals surface area contributed by atoms with Crippen LogP contribution in [0.25, 0.3) is 4.91 Å². The number of anilines is 2. The molecule has 2 heterocycles. The highest BCUT2D eigenvalue weighted by Gasteiger charge is 2.23. The molecule has 45 heavy (non-hydrogen) atoms. The molecule has 2 aromatic carbocycles. The molecule has 3 nitrogen and oxygen atoms in total. The number of likely N-dealkylation sites (N-methyl/N-ethyl adjacent to an activating group) is 1. The van der Waals surface area contributed by atoms with Gasteiger partial charge in [0.2, 0.25) is 0 Å². The van der Waals surface area contributed by atoms with E-state index in [1.165, 1.54) is 83.0 Å². The molecule has 1 aliphatic heterocycles. The van der Waals surface area contributed by atoms with Crippen LogP contribution in [0.15, 0.2) is 59.5 Å². The number of hydrogen-bond donors (Lipinski definition) is 2. The fourth-order valence-corrected chi connectivity index (χ4v) is 8.15. The molecule has 0 amide bonds. The van der Waals surface area contributed by atoms with Crippen molar-refractivity contribution in [3.63, 3.8) is 0 Å². The lowest BCUT2D eigenvalue weighted by Crippen LogP contribution is -2.25. The number of aryl methyl sites for hydroxylation is 2. The summed E-state index contributed by atoms with van der Waals surface area (Å²) in [7, 11) is 4.15. The molecule has 3 aromatic rings. The molecule has 1 aliphatic rings. The molecule has 2 unspecified atom stereocenters. The van der Waals surface area contributed by atoms with Gasteiger partial charge in [-0.3, -0.25) is 0 Å². The standard InChI is InChI=1S/C19H23NS2.C11H18N2.C10H22/c1-5-16(22-17-9-7-6-8-13(17)2)19-14(3)21-18-12-20(4)11-10-15(18)19;1-3-4-9-13-11-7-5-10(12-2)6-8-11;1-5-7-10(4)8-9(3)6-2/h5-9H,10-12H2,1-4H3;5-8,12-13H,3-4,9H2,1-2H3;9-10H,5-8H2,1-4H3/b16-5-;;. The predicted molar refractivity (Wildman–Crippen MR) is 207 cm³/mol. The van der Waals surface area contributed by atoms with Gasteiger partial charge in [0.25, 0.3) is 0 Å². The van der Waals surface area contributed by atoms with E-state index in [1.54, 1.807) is 10.4 Å². The van der Waals surface area contributed by atoms with E-state index in [1.807, 2.05) is 30.1 Å². The molecule has 0 fully saturated rings. The number of nitrogens with one attached hydrogen (secondary N) is 2. The lowest BCUT2D eigenvalue weighted by Gasteiger charge is -2.23. The molecule has 0 saturated carbocycles. The van der Waals surface area contributed by atoms with Crippen LogP contribution >= 0.6 is 23.1 Å². The molecule has 0 bridgehead atoms. The third-order valence-electron chi connectivity index (χ3n) is 8.56. The maximum absolute atomic E-state index is 3.37. The van der Waals surface area contributed by atoms with Gasteiger partial charge in [-0.15, -0.1) is 11.3 Å². The number of rotatable bonds is 13. The Morgan fingerprint density at radius 2 is 1.67 bits per heavy atom. The van der Waals surface area contributed by atoms with E-state index in [2.05, 4.69) is 133 Å². The smallest absolute Gasteiger partial charge is 0.0341 e. The van der Waals surface area contributed by atoms with E-state index >= 15 is 0 Å². The summed E-state index contributed by atoms with van der Waals surface area (Å²) in [6.07, 6.45) is 11.4. The van der Waals surface area contributed by atoms with E-state index in [4.69, 9.17) is 0 Å². The number of benzene rings is 2. The van der Waals surface area contributed by atoms with Crippen molar-refractivity contribution in [3.05, 3.63) is 81.1 Å². The van der Waals surface area contributed by atoms with Crippen molar-refractivity contribution < 1.29 is 0 Å². The Balaban J connectivity index is 0.000000262. The SMILES string of the molecule is C/C=C(\Sc1ccccc1C)c1c(C)sc2c1CCN(C)C2.CCCC(C)CC(C)CC.CCCCNc1ccc(NC)cc1. The van der Waals surface area contributed by atoms with Gasteiger partial charge in [0.15, 0.2) is 0 Å². The first kappa shape index (κ1) is 39.0. The van der Waals surface area contributed by atoms with Crippen LogP contribution in [0.5, 0.6) is 0 Å². The first-order valence-corrected chi connectivity index (χ1v) is 19.0. The van der Waals surface area contributed by atoms with Crippen LogP contribution in [0, 0.1) is 25.7 Å². The second-order valence-corrected chi connectivity index (χ2v) is 15.1. The minimum atomic E-state index is 0.932. The Hall–Kier alpha value is -2.21. The summed E-state index contributed by atoms with van der Waals surface area (Å²) in [5.74, 6) is 1.88. The Kier molecular flexibility index (Phi) is 18.7. The van der Waals surface area contributed by atoms with Crippen LogP contribution in [0.4, 0.5) is 11.4 Å². The quantitative estimate of drug-likeness (QED) is 0.142. The molecule has 2 N–H and O–H groups in total. The molecule has 2 atom stereocenters. The van der Waals surface area contributed by atoms with Crippen LogP contribution < -0.4 is 10.6 Å². The van der Waals surface area contributed by atoms with Crippen molar-refractivity contribution in [2.75, 3.05) is 37.8 Å². The van der Waals surface area contributed by atoms with Crippen LogP contribution in [-0.2, 0) is 13.0 Å². The van der Waals surface area contributed by atoms with Crippen LogP contribution in [0.3, 0.4) is 0 Å². The van der Waals surface area contributed by atoms with Gasteiger partial charge in [0.05, 0.1) is 0 Å². The molecule has 0 saturated heterocycles. The van der Waals surface area contributed by atoms with Crippen LogP contribution in [0.1, 0.15) is 107 Å². The average molecular weight is 650 g/mol. The molecule has 0 aliphatic carbocycles. The summed E-state index contributed by atoms with van der Waals surface area (Å²) in [6, 6.07) is 17.0. The zero-order valence-electron chi connectivity index (χ0n) is 30.2. The van der Waals surface area contributed by atoms with Gasteiger partial charge >= 0.3 is 0 Å². The van der Waals surface area contributed by atoms with Gasteiger partial charge in [-0.2, -0.15) is 0 Å². The molecule has 1 aromatic heterocycles. The van der Waals surface area contributed by atoms with Crippen molar-refractivity contribution >= 4 is 39.4 Å². The van der Waals surface area contributed by atoms with Gasteiger partial charge in [-0.25, -0.2) is 0 Å². The number of unbranched alkanes of at least 4 members (excludes halogenated alkanes) is 1. The Morgan fingerprint density at radius 3 is 2.27 bits per heavy atom. The van der Waals surface area contributed by atoms with E-state index < -0.39 is 0 Å². The highest BCUT2D eigenvalue weighted by molar-refractivity contribution is 8.08. The predicted octanol–water partition coefficient (Wildman–Crippen LogP) is 12.3. The summed E-state index contributed by atoms with van der Waals surface area (Å²) in [5, 5.41) is 6.46. The molecule has 250 valence electrons. The first-order chi connectivity index (χ1) is 21.7. The maximum Gasteiger partial charge on any atom is 0.0341 e. The van der Waals surface area contributed by atoms with Crippen molar-refractivity contribution in [1.29, 1.82) is 0 Å². The molecule has 4 rings (SSSR count). The summed E-state index contributed by atoms with van der Waals surface area (Å²) in [4.78, 5) is 8.23. The summed E-state index contributed by atoms with van der Waals surface area (Å²) in [5.41, 5.74) is 6.81. The van der Waals surface area contributed by atoms with Crippen molar-refractivity contribution in [3.8, 4) is 0 Å². The summed E-state index contributed by atoms with van der Waals surface area (Å²) < 4.78 is 0. The topological polar surface area (TPSA) is 27.3 Å². The number of thioether (sulfide) groups is 1. The van der Waals surface area contributed by atoms with Crippen molar-refractivity contribution in [1.82, 2.24) is 4.90 Å². The van der Waals surface area contributed by atoms with E-state index in [9.17, 15) is 0 Å². The second-order valence-electron chi connectivity index (χ2n) is 12.7. The van der Waals surface area contributed by atoms with Crippen molar-refractivity contribution in [2.24, 2.45) is 11.8 Å². The number of nitrogens with zero attached hydrogens (tertiary/aromatic N) is 1. The lowest BCUT2D eigenvalue weighted by molar-refractivity contribution is 0.317. The lowest BCUT2D eigenvalue weighted by atomic mass is 9.92. The molecule has 0 spiro atoms. The Morgan fingerprint density at radius 1 is 0.978 bits per heavy atom. The largest absolute Gasteiger partial charge is 0.388 e. The van der Waals surface area contributed by atoms with Gasteiger partial charge in [-0.05, 0) is 100 Å². The average Bonchev–Trinajstić information content (AvgIpc) is 3.36. The highest BCUT2D eigenvalue weighted by Crippen LogP contribution is 2.43. The Bertz CT molecular complexity index is 1260. The molecule has 5 heteroatoms. The van der Waals surface area contributed by atoms with Gasteiger partial charge in [-0.1, -0.05) is 96.3 Å². The molecular weight excluding hydrogens is 587 g/mol. The number of fused-ring (bicyclic) bond motifs is 1. The minimum Gasteiger partial charge on any atom is -0.388 e. The van der Waals surface area contributed by atoms with Gasteiger partial charge in [0, 0.05) is 63.2 Å². The van der Waals surface area contributed by atoms with E-state index in [0.29, 0.717) is 0 Å². The van der Waals surface area contributed by atoms with Crippen molar-refractivity contribution in [2.45, 2.75) is 112 Å². The third-order valence-corrected chi connectivity index (χ3v) is 11.0.